The Bertz CT molecular complexity index is 277. The Labute approximate surface area is 88.9 Å². The average molecular weight is 214 g/mol. The monoisotopic (exact) mass is 214 g/mol. The van der Waals surface area contributed by atoms with Crippen molar-refractivity contribution in [2.45, 2.75) is 32.5 Å². The van der Waals surface area contributed by atoms with Gasteiger partial charge in [-0.15, -0.1) is 5.10 Å². The molecule has 0 fully saturated rings. The first-order chi connectivity index (χ1) is 7.26. The van der Waals surface area contributed by atoms with Gasteiger partial charge in [-0.25, -0.2) is 4.68 Å². The van der Waals surface area contributed by atoms with E-state index in [1.165, 1.54) is 4.68 Å². The molecule has 0 amide bonds. The molecule has 1 rings (SSSR count). The highest BCUT2D eigenvalue weighted by Gasteiger charge is 2.05. The summed E-state index contributed by atoms with van der Waals surface area (Å²) in [6.07, 6.45) is 2.07. The van der Waals surface area contributed by atoms with Crippen molar-refractivity contribution in [3.8, 4) is 0 Å². The molecule has 86 valence electrons. The van der Waals surface area contributed by atoms with E-state index in [1.54, 1.807) is 6.20 Å². The topological polar surface area (TPSA) is 83.2 Å². The van der Waals surface area contributed by atoms with Crippen molar-refractivity contribution in [3.05, 3.63) is 11.9 Å². The minimum absolute atomic E-state index is 0.261. The third-order valence-electron chi connectivity index (χ3n) is 1.93. The standard InChI is InChI=1S/C9H18N4O2/c1-2-3-10-4-8-5-13(12-11-8)6-9(15)7-14/h5,9-10,14-15H,2-4,6-7H2,1H3. The molecule has 0 aromatic carbocycles. The van der Waals surface area contributed by atoms with Gasteiger partial charge in [0.25, 0.3) is 0 Å². The van der Waals surface area contributed by atoms with Crippen LogP contribution in [0.15, 0.2) is 6.20 Å². The maximum absolute atomic E-state index is 9.18. The highest BCUT2D eigenvalue weighted by atomic mass is 16.3. The predicted octanol–water partition coefficient (Wildman–Crippen LogP) is -0.869. The van der Waals surface area contributed by atoms with Crippen LogP contribution < -0.4 is 5.32 Å². The lowest BCUT2D eigenvalue weighted by atomic mass is 10.4. The summed E-state index contributed by atoms with van der Waals surface area (Å²) >= 11 is 0. The van der Waals surface area contributed by atoms with E-state index in [4.69, 9.17) is 5.11 Å². The molecule has 6 heteroatoms. The zero-order valence-electron chi connectivity index (χ0n) is 8.93. The minimum atomic E-state index is -0.775. The molecule has 0 aliphatic rings. The molecule has 0 aliphatic heterocycles. The molecule has 3 N–H and O–H groups in total. The summed E-state index contributed by atoms with van der Waals surface area (Å²) in [5.41, 5.74) is 0.841. The molecule has 1 heterocycles. The van der Waals surface area contributed by atoms with Crippen LogP contribution in [0.3, 0.4) is 0 Å². The Morgan fingerprint density at radius 1 is 1.60 bits per heavy atom. The average Bonchev–Trinajstić information content (AvgIpc) is 2.66. The number of nitrogens with zero attached hydrogens (tertiary/aromatic N) is 3. The zero-order chi connectivity index (χ0) is 11.1. The van der Waals surface area contributed by atoms with Crippen LogP contribution in [-0.4, -0.2) is 44.5 Å². The van der Waals surface area contributed by atoms with E-state index in [0.29, 0.717) is 6.54 Å². The molecular weight excluding hydrogens is 196 g/mol. The largest absolute Gasteiger partial charge is 0.394 e. The lowest BCUT2D eigenvalue weighted by Gasteiger charge is -2.04. The van der Waals surface area contributed by atoms with Gasteiger partial charge in [0.1, 0.15) is 0 Å². The smallest absolute Gasteiger partial charge is 0.0966 e. The third-order valence-corrected chi connectivity index (χ3v) is 1.93. The van der Waals surface area contributed by atoms with Crippen LogP contribution in [0.2, 0.25) is 0 Å². The number of nitrogens with one attached hydrogen (secondary N) is 1. The molecule has 0 saturated heterocycles. The summed E-state index contributed by atoms with van der Waals surface area (Å²) in [5, 5.41) is 28.8. The van der Waals surface area contributed by atoms with Crippen LogP contribution in [0.5, 0.6) is 0 Å². The maximum atomic E-state index is 9.18. The summed E-state index contributed by atoms with van der Waals surface area (Å²) in [6, 6.07) is 0. The fourth-order valence-corrected chi connectivity index (χ4v) is 1.18. The van der Waals surface area contributed by atoms with Gasteiger partial charge in [-0.3, -0.25) is 0 Å². The number of hydrogen-bond donors (Lipinski definition) is 3. The van der Waals surface area contributed by atoms with Crippen LogP contribution >= 0.6 is 0 Å². The first kappa shape index (κ1) is 12.1. The molecule has 0 spiro atoms. The van der Waals surface area contributed by atoms with Crippen molar-refractivity contribution in [2.75, 3.05) is 13.2 Å². The second-order valence-corrected chi connectivity index (χ2v) is 3.45. The summed E-state index contributed by atoms with van der Waals surface area (Å²) in [5.74, 6) is 0. The van der Waals surface area contributed by atoms with Crippen LogP contribution in [0.4, 0.5) is 0 Å². The van der Waals surface area contributed by atoms with Gasteiger partial charge < -0.3 is 15.5 Å². The van der Waals surface area contributed by atoms with E-state index in [2.05, 4.69) is 22.6 Å². The van der Waals surface area contributed by atoms with Crippen molar-refractivity contribution < 1.29 is 10.2 Å². The second-order valence-electron chi connectivity index (χ2n) is 3.45. The van der Waals surface area contributed by atoms with Gasteiger partial charge in [-0.2, -0.15) is 0 Å². The van der Waals surface area contributed by atoms with Gasteiger partial charge in [0.05, 0.1) is 24.9 Å². The maximum Gasteiger partial charge on any atom is 0.0966 e. The Morgan fingerprint density at radius 3 is 3.07 bits per heavy atom. The van der Waals surface area contributed by atoms with E-state index >= 15 is 0 Å². The SMILES string of the molecule is CCCNCc1cn(CC(O)CO)nn1. The molecule has 1 aromatic rings. The Kier molecular flexibility index (Phi) is 5.23. The van der Waals surface area contributed by atoms with Crippen molar-refractivity contribution in [2.24, 2.45) is 0 Å². The lowest BCUT2D eigenvalue weighted by Crippen LogP contribution is -2.20. The van der Waals surface area contributed by atoms with E-state index in [0.717, 1.165) is 18.7 Å². The van der Waals surface area contributed by atoms with Crippen LogP contribution in [0, 0.1) is 0 Å². The molecule has 1 unspecified atom stereocenters. The Balaban J connectivity index is 2.35. The first-order valence-electron chi connectivity index (χ1n) is 5.15. The first-order valence-corrected chi connectivity index (χ1v) is 5.15. The van der Waals surface area contributed by atoms with E-state index in [9.17, 15) is 5.11 Å². The van der Waals surface area contributed by atoms with Gasteiger partial charge >= 0.3 is 0 Å². The summed E-state index contributed by atoms with van der Waals surface area (Å²) in [6.45, 7) is 3.75. The van der Waals surface area contributed by atoms with Crippen LogP contribution in [0.1, 0.15) is 19.0 Å². The molecule has 1 atom stereocenters. The predicted molar refractivity (Wildman–Crippen MR) is 55.1 cm³/mol. The normalized spacial score (nSPS) is 13.0. The van der Waals surface area contributed by atoms with Gasteiger partial charge in [0.2, 0.25) is 0 Å². The fraction of sp³-hybridized carbons (Fsp3) is 0.778. The minimum Gasteiger partial charge on any atom is -0.394 e. The number of rotatable bonds is 7. The molecule has 6 nitrogen and oxygen atoms in total. The van der Waals surface area contributed by atoms with Crippen molar-refractivity contribution in [1.29, 1.82) is 0 Å². The van der Waals surface area contributed by atoms with Gasteiger partial charge in [0.15, 0.2) is 0 Å². The molecule has 15 heavy (non-hydrogen) atoms. The van der Waals surface area contributed by atoms with Crippen molar-refractivity contribution in [3.63, 3.8) is 0 Å². The van der Waals surface area contributed by atoms with Crippen molar-refractivity contribution in [1.82, 2.24) is 20.3 Å². The third kappa shape index (κ3) is 4.37. The fourth-order valence-electron chi connectivity index (χ4n) is 1.18. The van der Waals surface area contributed by atoms with Gasteiger partial charge in [-0.1, -0.05) is 12.1 Å². The summed E-state index contributed by atoms with van der Waals surface area (Å²) in [7, 11) is 0. The Hall–Kier alpha value is -0.980. The van der Waals surface area contributed by atoms with Gasteiger partial charge in [0, 0.05) is 12.7 Å². The second kappa shape index (κ2) is 6.49. The molecular formula is C9H18N4O2. The van der Waals surface area contributed by atoms with E-state index in [1.807, 2.05) is 0 Å². The number of aliphatic hydroxyl groups excluding tert-OH is 2. The van der Waals surface area contributed by atoms with E-state index in [-0.39, 0.29) is 13.2 Å². The summed E-state index contributed by atoms with van der Waals surface area (Å²) in [4.78, 5) is 0. The number of hydrogen-bond acceptors (Lipinski definition) is 5. The van der Waals surface area contributed by atoms with Crippen LogP contribution in [0.25, 0.3) is 0 Å². The zero-order valence-corrected chi connectivity index (χ0v) is 8.93. The molecule has 1 aromatic heterocycles. The lowest BCUT2D eigenvalue weighted by molar-refractivity contribution is 0.0778. The molecule has 0 bridgehead atoms. The van der Waals surface area contributed by atoms with Gasteiger partial charge in [-0.05, 0) is 13.0 Å². The molecule has 0 aliphatic carbocycles. The highest BCUT2D eigenvalue weighted by molar-refractivity contribution is 4.91. The number of aromatic nitrogens is 3. The summed E-state index contributed by atoms with van der Waals surface area (Å²) < 4.78 is 1.53. The Morgan fingerprint density at radius 2 is 2.40 bits per heavy atom. The van der Waals surface area contributed by atoms with Crippen LogP contribution in [-0.2, 0) is 13.1 Å². The highest BCUT2D eigenvalue weighted by Crippen LogP contribution is 1.94. The number of aliphatic hydroxyl groups is 2. The quantitative estimate of drug-likeness (QED) is 0.514. The molecule has 0 saturated carbocycles. The molecule has 0 radical (unpaired) electrons. The van der Waals surface area contributed by atoms with Crippen molar-refractivity contribution >= 4 is 0 Å². The van der Waals surface area contributed by atoms with E-state index < -0.39 is 6.10 Å².